The number of hydrogen-bond acceptors (Lipinski definition) is 6. The minimum atomic E-state index is -0.445. The number of pyridine rings is 1. The van der Waals surface area contributed by atoms with Crippen molar-refractivity contribution >= 4 is 11.8 Å². The number of hydrogen-bond donors (Lipinski definition) is 0. The highest BCUT2D eigenvalue weighted by atomic mass is 16.6. The van der Waals surface area contributed by atoms with Gasteiger partial charge in [0, 0.05) is 37.9 Å². The minimum absolute atomic E-state index is 0.175. The predicted octanol–water partition coefficient (Wildman–Crippen LogP) is 3.08. The molecule has 0 aliphatic carbocycles. The van der Waals surface area contributed by atoms with Gasteiger partial charge in [0.25, 0.3) is 0 Å². The average Bonchev–Trinajstić information content (AvgIpc) is 2.67. The molecule has 0 radical (unpaired) electrons. The fourth-order valence-corrected chi connectivity index (χ4v) is 3.17. The second-order valence-electron chi connectivity index (χ2n) is 7.94. The highest BCUT2D eigenvalue weighted by molar-refractivity contribution is 5.72. The van der Waals surface area contributed by atoms with Crippen LogP contribution in [0.5, 0.6) is 0 Å². The lowest BCUT2D eigenvalue weighted by Gasteiger charge is -2.35. The van der Waals surface area contributed by atoms with Crippen molar-refractivity contribution in [1.82, 2.24) is 9.88 Å². The summed E-state index contributed by atoms with van der Waals surface area (Å²) in [6, 6.07) is 13.7. The summed E-state index contributed by atoms with van der Waals surface area (Å²) in [6.45, 7) is 9.24. The van der Waals surface area contributed by atoms with E-state index in [1.54, 1.807) is 0 Å². The fourth-order valence-electron chi connectivity index (χ4n) is 3.17. The first-order valence-corrected chi connectivity index (χ1v) is 9.50. The second-order valence-corrected chi connectivity index (χ2v) is 7.94. The van der Waals surface area contributed by atoms with Crippen LogP contribution >= 0.6 is 0 Å². The molecule has 2 heterocycles. The smallest absolute Gasteiger partial charge is 0.320 e. The van der Waals surface area contributed by atoms with Crippen LogP contribution < -0.4 is 4.90 Å². The molecule has 0 bridgehead atoms. The molecule has 146 valence electrons. The molecule has 0 unspecified atom stereocenters. The summed E-state index contributed by atoms with van der Waals surface area (Å²) in [5, 5.41) is 8.90. The number of benzene rings is 1. The molecule has 1 aliphatic rings. The summed E-state index contributed by atoms with van der Waals surface area (Å²) < 4.78 is 5.40. The topological polar surface area (TPSA) is 69.5 Å². The Kier molecular flexibility index (Phi) is 5.96. The molecule has 1 fully saturated rings. The molecule has 2 aromatic rings. The van der Waals surface area contributed by atoms with Gasteiger partial charge >= 0.3 is 5.97 Å². The van der Waals surface area contributed by atoms with E-state index in [1.165, 1.54) is 0 Å². The van der Waals surface area contributed by atoms with Crippen LogP contribution in [0.4, 0.5) is 5.82 Å². The fraction of sp³-hybridized carbons (Fsp3) is 0.409. The van der Waals surface area contributed by atoms with Crippen LogP contribution in [-0.4, -0.2) is 54.2 Å². The van der Waals surface area contributed by atoms with Gasteiger partial charge in [-0.1, -0.05) is 12.1 Å². The Bertz CT molecular complexity index is 840. The highest BCUT2D eigenvalue weighted by Crippen LogP contribution is 2.22. The number of carbonyl (C=O) groups is 1. The molecular weight excluding hydrogens is 352 g/mol. The van der Waals surface area contributed by atoms with E-state index < -0.39 is 5.60 Å². The minimum Gasteiger partial charge on any atom is -0.459 e. The van der Waals surface area contributed by atoms with E-state index in [0.717, 1.165) is 43.1 Å². The number of esters is 1. The molecule has 1 saturated heterocycles. The quantitative estimate of drug-likeness (QED) is 0.762. The standard InChI is InChI=1S/C22H26N4O2/c1-22(2,3)28-21(27)16-25-10-12-26(13-11-25)20-9-8-19(15-24-20)18-6-4-17(14-23)5-7-18/h4-9,15H,10-13,16H2,1-3H3. The first-order chi connectivity index (χ1) is 13.3. The number of aromatic nitrogens is 1. The Morgan fingerprint density at radius 2 is 1.71 bits per heavy atom. The lowest BCUT2D eigenvalue weighted by molar-refractivity contribution is -0.156. The summed E-state index contributed by atoms with van der Waals surface area (Å²) in [6.07, 6.45) is 1.86. The van der Waals surface area contributed by atoms with Crippen molar-refractivity contribution in [2.24, 2.45) is 0 Å². The third-order valence-electron chi connectivity index (χ3n) is 4.56. The monoisotopic (exact) mass is 378 g/mol. The maximum atomic E-state index is 12.0. The van der Waals surface area contributed by atoms with Gasteiger partial charge in [-0.25, -0.2) is 4.98 Å². The number of anilines is 1. The second kappa shape index (κ2) is 8.41. The van der Waals surface area contributed by atoms with Crippen LogP contribution in [-0.2, 0) is 9.53 Å². The van der Waals surface area contributed by atoms with E-state index >= 15 is 0 Å². The Balaban J connectivity index is 1.54. The van der Waals surface area contributed by atoms with Gasteiger partial charge < -0.3 is 9.64 Å². The predicted molar refractivity (Wildman–Crippen MR) is 109 cm³/mol. The van der Waals surface area contributed by atoms with Gasteiger partial charge in [0.1, 0.15) is 11.4 Å². The van der Waals surface area contributed by atoms with Gasteiger partial charge in [-0.15, -0.1) is 0 Å². The molecule has 0 atom stereocenters. The highest BCUT2D eigenvalue weighted by Gasteiger charge is 2.23. The van der Waals surface area contributed by atoms with Crippen molar-refractivity contribution in [1.29, 1.82) is 5.26 Å². The third kappa shape index (κ3) is 5.30. The Morgan fingerprint density at radius 1 is 1.07 bits per heavy atom. The summed E-state index contributed by atoms with van der Waals surface area (Å²) in [5.74, 6) is 0.764. The number of carbonyl (C=O) groups excluding carboxylic acids is 1. The first kappa shape index (κ1) is 19.8. The van der Waals surface area contributed by atoms with E-state index in [0.29, 0.717) is 12.1 Å². The average molecular weight is 378 g/mol. The molecule has 1 aliphatic heterocycles. The van der Waals surface area contributed by atoms with Crippen molar-refractivity contribution < 1.29 is 9.53 Å². The van der Waals surface area contributed by atoms with E-state index in [2.05, 4.69) is 26.9 Å². The molecule has 0 N–H and O–H groups in total. The van der Waals surface area contributed by atoms with Crippen LogP contribution in [0.25, 0.3) is 11.1 Å². The summed E-state index contributed by atoms with van der Waals surface area (Å²) in [4.78, 5) is 20.9. The zero-order valence-electron chi connectivity index (χ0n) is 16.7. The van der Waals surface area contributed by atoms with Gasteiger partial charge in [0.15, 0.2) is 0 Å². The number of rotatable bonds is 4. The molecule has 0 amide bonds. The SMILES string of the molecule is CC(C)(C)OC(=O)CN1CCN(c2ccc(-c3ccc(C#N)cc3)cn2)CC1. The number of piperazine rings is 1. The van der Waals surface area contributed by atoms with Gasteiger partial charge in [-0.2, -0.15) is 5.26 Å². The van der Waals surface area contributed by atoms with Crippen LogP contribution in [0.2, 0.25) is 0 Å². The zero-order chi connectivity index (χ0) is 20.1. The van der Waals surface area contributed by atoms with Crippen molar-refractivity contribution in [3.63, 3.8) is 0 Å². The van der Waals surface area contributed by atoms with E-state index in [-0.39, 0.29) is 5.97 Å². The molecule has 6 nitrogen and oxygen atoms in total. The molecular formula is C22H26N4O2. The number of ether oxygens (including phenoxy) is 1. The normalized spacial score (nSPS) is 15.1. The van der Waals surface area contributed by atoms with Gasteiger partial charge in [0.2, 0.25) is 0 Å². The van der Waals surface area contributed by atoms with Crippen LogP contribution in [0, 0.1) is 11.3 Å². The number of nitrogens with zero attached hydrogens (tertiary/aromatic N) is 4. The lowest BCUT2D eigenvalue weighted by atomic mass is 10.1. The number of nitriles is 1. The molecule has 1 aromatic heterocycles. The van der Waals surface area contributed by atoms with E-state index in [1.807, 2.05) is 57.3 Å². The summed E-state index contributed by atoms with van der Waals surface area (Å²) in [7, 11) is 0. The summed E-state index contributed by atoms with van der Waals surface area (Å²) >= 11 is 0. The van der Waals surface area contributed by atoms with Crippen LogP contribution in [0.3, 0.4) is 0 Å². The molecule has 1 aromatic carbocycles. The molecule has 28 heavy (non-hydrogen) atoms. The lowest BCUT2D eigenvalue weighted by Crippen LogP contribution is -2.48. The van der Waals surface area contributed by atoms with Gasteiger partial charge in [-0.05, 0) is 50.6 Å². The van der Waals surface area contributed by atoms with Crippen molar-refractivity contribution in [3.8, 4) is 17.2 Å². The van der Waals surface area contributed by atoms with Crippen molar-refractivity contribution in [2.45, 2.75) is 26.4 Å². The van der Waals surface area contributed by atoms with E-state index in [9.17, 15) is 4.79 Å². The van der Waals surface area contributed by atoms with E-state index in [4.69, 9.17) is 10.00 Å². The Morgan fingerprint density at radius 3 is 2.25 bits per heavy atom. The molecule has 3 rings (SSSR count). The van der Waals surface area contributed by atoms with Crippen LogP contribution in [0.1, 0.15) is 26.3 Å². The van der Waals surface area contributed by atoms with Crippen LogP contribution in [0.15, 0.2) is 42.6 Å². The molecule has 0 saturated carbocycles. The maximum Gasteiger partial charge on any atom is 0.320 e. The zero-order valence-corrected chi connectivity index (χ0v) is 16.7. The van der Waals surface area contributed by atoms with Gasteiger partial charge in [-0.3, -0.25) is 9.69 Å². The van der Waals surface area contributed by atoms with Crippen molar-refractivity contribution in [2.75, 3.05) is 37.6 Å². The molecule has 6 heteroatoms. The van der Waals surface area contributed by atoms with Gasteiger partial charge in [0.05, 0.1) is 18.2 Å². The third-order valence-corrected chi connectivity index (χ3v) is 4.56. The molecule has 0 spiro atoms. The Labute approximate surface area is 166 Å². The summed E-state index contributed by atoms with van der Waals surface area (Å²) in [5.41, 5.74) is 2.27. The first-order valence-electron chi connectivity index (χ1n) is 9.50. The van der Waals surface area contributed by atoms with Crippen molar-refractivity contribution in [3.05, 3.63) is 48.2 Å². The maximum absolute atomic E-state index is 12.0. The Hall–Kier alpha value is -2.91. The largest absolute Gasteiger partial charge is 0.459 e.